The van der Waals surface area contributed by atoms with Crippen LogP contribution in [0.2, 0.25) is 0 Å². The van der Waals surface area contributed by atoms with Crippen LogP contribution in [0.3, 0.4) is 0 Å². The molecule has 0 aliphatic heterocycles. The second-order valence-corrected chi connectivity index (χ2v) is 6.77. The van der Waals surface area contributed by atoms with Crippen molar-refractivity contribution in [2.24, 2.45) is 11.7 Å². The molecule has 2 aromatic rings. The molecular formula is C16H23Cl2F3N6O. The molecule has 2 heterocycles. The third-order valence-electron chi connectivity index (χ3n) is 3.76. The molecule has 3 N–H and O–H groups in total. The summed E-state index contributed by atoms with van der Waals surface area (Å²) in [5, 5.41) is 10.3. The zero-order chi connectivity index (χ0) is 19.5. The highest BCUT2D eigenvalue weighted by Gasteiger charge is 2.31. The smallest absolute Gasteiger partial charge is 0.344 e. The average molecular weight is 443 g/mol. The lowest BCUT2D eigenvalue weighted by Crippen LogP contribution is -2.52. The number of rotatable bonds is 6. The Morgan fingerprint density at radius 3 is 2.39 bits per heavy atom. The second kappa shape index (κ2) is 10.0. The number of hydrogen-bond donors (Lipinski definition) is 2. The van der Waals surface area contributed by atoms with Crippen LogP contribution in [0.4, 0.5) is 13.2 Å². The molecule has 158 valence electrons. The number of aromatic nitrogens is 4. The van der Waals surface area contributed by atoms with Gasteiger partial charge in [-0.3, -0.25) is 4.79 Å². The molecule has 0 saturated heterocycles. The summed E-state index contributed by atoms with van der Waals surface area (Å²) >= 11 is 0. The third kappa shape index (κ3) is 6.61. The van der Waals surface area contributed by atoms with E-state index >= 15 is 0 Å². The van der Waals surface area contributed by atoms with Crippen LogP contribution in [-0.4, -0.2) is 38.0 Å². The van der Waals surface area contributed by atoms with Crippen molar-refractivity contribution < 1.29 is 18.0 Å². The minimum Gasteiger partial charge on any atom is -0.344 e. The van der Waals surface area contributed by atoms with Crippen LogP contribution in [0.25, 0.3) is 5.82 Å². The Bertz CT molecular complexity index is 766. The van der Waals surface area contributed by atoms with Crippen molar-refractivity contribution in [1.82, 2.24) is 25.3 Å². The maximum absolute atomic E-state index is 12.6. The van der Waals surface area contributed by atoms with Crippen molar-refractivity contribution in [2.45, 2.75) is 38.9 Å². The fourth-order valence-corrected chi connectivity index (χ4v) is 2.59. The van der Waals surface area contributed by atoms with Crippen LogP contribution in [0.5, 0.6) is 0 Å². The summed E-state index contributed by atoms with van der Waals surface area (Å²) in [6.07, 6.45) is -1.78. The van der Waals surface area contributed by atoms with Gasteiger partial charge < -0.3 is 11.1 Å². The highest BCUT2D eigenvalue weighted by molar-refractivity contribution is 5.92. The quantitative estimate of drug-likeness (QED) is 0.715. The standard InChI is InChI=1S/C16H21F3N6O.2ClH/c1-10(2)6-15(3,9-20)22-14(26)12-8-25(24-23-12)13-5-4-11(7-21-13)16(17,18)19;;/h4-5,7-8,10H,6,9,20H2,1-3H3,(H,22,26);2*1H. The SMILES string of the molecule is CC(C)CC(C)(CN)NC(=O)c1cn(-c2ccc(C(F)(F)F)cn2)nn1.Cl.Cl. The molecule has 1 amide bonds. The third-order valence-corrected chi connectivity index (χ3v) is 3.76. The van der Waals surface area contributed by atoms with E-state index in [1.807, 2.05) is 20.8 Å². The predicted octanol–water partition coefficient (Wildman–Crippen LogP) is 3.02. The van der Waals surface area contributed by atoms with E-state index in [2.05, 4.69) is 20.6 Å². The zero-order valence-corrected chi connectivity index (χ0v) is 17.2. The van der Waals surface area contributed by atoms with Gasteiger partial charge in [-0.2, -0.15) is 13.2 Å². The Labute approximate surface area is 173 Å². The number of carbonyl (C=O) groups is 1. The molecule has 0 fully saturated rings. The van der Waals surface area contributed by atoms with Crippen LogP contribution in [0, 0.1) is 5.92 Å². The van der Waals surface area contributed by atoms with Crippen LogP contribution in [0.15, 0.2) is 24.5 Å². The van der Waals surface area contributed by atoms with Crippen LogP contribution in [-0.2, 0) is 6.18 Å². The van der Waals surface area contributed by atoms with Gasteiger partial charge in [0, 0.05) is 12.7 Å². The van der Waals surface area contributed by atoms with E-state index in [0.717, 1.165) is 16.8 Å². The van der Waals surface area contributed by atoms with Gasteiger partial charge in [-0.15, -0.1) is 29.9 Å². The highest BCUT2D eigenvalue weighted by Crippen LogP contribution is 2.28. The van der Waals surface area contributed by atoms with Gasteiger partial charge in [0.15, 0.2) is 11.5 Å². The molecular weight excluding hydrogens is 420 g/mol. The molecule has 2 aromatic heterocycles. The summed E-state index contributed by atoms with van der Waals surface area (Å²) < 4.78 is 38.9. The Hall–Kier alpha value is -1.91. The normalized spacial score (nSPS) is 13.3. The predicted molar refractivity (Wildman–Crippen MR) is 103 cm³/mol. The molecule has 0 bridgehead atoms. The number of nitrogens with one attached hydrogen (secondary N) is 1. The molecule has 12 heteroatoms. The van der Waals surface area contributed by atoms with Gasteiger partial charge in [0.2, 0.25) is 0 Å². The van der Waals surface area contributed by atoms with Gasteiger partial charge in [0.05, 0.1) is 17.3 Å². The summed E-state index contributed by atoms with van der Waals surface area (Å²) in [5.41, 5.74) is 4.33. The molecule has 7 nitrogen and oxygen atoms in total. The average Bonchev–Trinajstić information content (AvgIpc) is 3.03. The lowest BCUT2D eigenvalue weighted by atomic mass is 9.90. The van der Waals surface area contributed by atoms with Gasteiger partial charge in [0.25, 0.3) is 5.91 Å². The Kier molecular flexibility index (Phi) is 9.35. The first kappa shape index (κ1) is 26.1. The molecule has 0 spiro atoms. The summed E-state index contributed by atoms with van der Waals surface area (Å²) in [7, 11) is 0. The Morgan fingerprint density at radius 2 is 1.93 bits per heavy atom. The van der Waals surface area contributed by atoms with Crippen molar-refractivity contribution in [2.75, 3.05) is 6.54 Å². The van der Waals surface area contributed by atoms with Crippen molar-refractivity contribution >= 4 is 30.7 Å². The number of halogens is 5. The fourth-order valence-electron chi connectivity index (χ4n) is 2.59. The summed E-state index contributed by atoms with van der Waals surface area (Å²) in [6.45, 7) is 6.14. The van der Waals surface area contributed by atoms with Gasteiger partial charge in [0.1, 0.15) is 0 Å². The van der Waals surface area contributed by atoms with Gasteiger partial charge >= 0.3 is 6.18 Å². The molecule has 0 aliphatic carbocycles. The zero-order valence-electron chi connectivity index (χ0n) is 15.5. The molecule has 0 aliphatic rings. The number of nitrogens with two attached hydrogens (primary N) is 1. The van der Waals surface area contributed by atoms with Crippen molar-refractivity contribution in [1.29, 1.82) is 0 Å². The largest absolute Gasteiger partial charge is 0.417 e. The number of alkyl halides is 3. The van der Waals surface area contributed by atoms with E-state index in [1.54, 1.807) is 0 Å². The molecule has 1 atom stereocenters. The summed E-state index contributed by atoms with van der Waals surface area (Å²) in [5.74, 6) is -0.0130. The first-order valence-corrected chi connectivity index (χ1v) is 8.02. The molecule has 1 unspecified atom stereocenters. The van der Waals surface area contributed by atoms with E-state index in [0.29, 0.717) is 18.5 Å². The first-order chi connectivity index (χ1) is 12.0. The number of carbonyl (C=O) groups excluding carboxylic acids is 1. The Balaban J connectivity index is 0.00000364. The van der Waals surface area contributed by atoms with Gasteiger partial charge in [-0.1, -0.05) is 19.1 Å². The van der Waals surface area contributed by atoms with Crippen LogP contribution >= 0.6 is 24.8 Å². The topological polar surface area (TPSA) is 98.7 Å². The molecule has 0 saturated carbocycles. The number of nitrogens with zero attached hydrogens (tertiary/aromatic N) is 4. The minimum atomic E-state index is -4.47. The lowest BCUT2D eigenvalue weighted by Gasteiger charge is -2.30. The monoisotopic (exact) mass is 442 g/mol. The maximum atomic E-state index is 12.6. The fraction of sp³-hybridized carbons (Fsp3) is 0.500. The van der Waals surface area contributed by atoms with Crippen molar-refractivity contribution in [3.63, 3.8) is 0 Å². The van der Waals surface area contributed by atoms with Crippen molar-refractivity contribution in [3.05, 3.63) is 35.8 Å². The van der Waals surface area contributed by atoms with Crippen LogP contribution < -0.4 is 11.1 Å². The first-order valence-electron chi connectivity index (χ1n) is 8.02. The number of amides is 1. The molecule has 0 aromatic carbocycles. The second-order valence-electron chi connectivity index (χ2n) is 6.77. The number of hydrogen-bond acceptors (Lipinski definition) is 5. The van der Waals surface area contributed by atoms with Crippen molar-refractivity contribution in [3.8, 4) is 5.82 Å². The van der Waals surface area contributed by atoms with Crippen LogP contribution in [0.1, 0.15) is 43.2 Å². The number of pyridine rings is 1. The Morgan fingerprint density at radius 1 is 1.29 bits per heavy atom. The van der Waals surface area contributed by atoms with E-state index in [4.69, 9.17) is 5.73 Å². The minimum absolute atomic E-state index is 0. The molecule has 28 heavy (non-hydrogen) atoms. The lowest BCUT2D eigenvalue weighted by molar-refractivity contribution is -0.137. The molecule has 2 rings (SSSR count). The maximum Gasteiger partial charge on any atom is 0.417 e. The van der Waals surface area contributed by atoms with Gasteiger partial charge in [-0.05, 0) is 31.4 Å². The van der Waals surface area contributed by atoms with E-state index in [-0.39, 0.29) is 42.9 Å². The van der Waals surface area contributed by atoms with Gasteiger partial charge in [-0.25, -0.2) is 9.67 Å². The van der Waals surface area contributed by atoms with E-state index < -0.39 is 23.2 Å². The van der Waals surface area contributed by atoms with E-state index in [1.165, 1.54) is 6.20 Å². The highest BCUT2D eigenvalue weighted by atomic mass is 35.5. The van der Waals surface area contributed by atoms with E-state index in [9.17, 15) is 18.0 Å². The summed E-state index contributed by atoms with van der Waals surface area (Å²) in [6, 6.07) is 2.04. The molecule has 0 radical (unpaired) electrons. The summed E-state index contributed by atoms with van der Waals surface area (Å²) in [4.78, 5) is 16.1.